The summed E-state index contributed by atoms with van der Waals surface area (Å²) in [5.74, 6) is -0.734. The molecule has 3 rings (SSSR count). The van der Waals surface area contributed by atoms with Crippen LogP contribution in [0.2, 0.25) is 5.02 Å². The van der Waals surface area contributed by atoms with E-state index in [1.807, 2.05) is 0 Å². The fraction of sp³-hybridized carbons (Fsp3) is 0.467. The Kier molecular flexibility index (Phi) is 5.09. The summed E-state index contributed by atoms with van der Waals surface area (Å²) in [7, 11) is 0. The van der Waals surface area contributed by atoms with E-state index in [0.29, 0.717) is 33.3 Å². The fourth-order valence-electron chi connectivity index (χ4n) is 2.74. The molecule has 0 radical (unpaired) electrons. The van der Waals surface area contributed by atoms with Crippen molar-refractivity contribution in [3.05, 3.63) is 15.5 Å². The van der Waals surface area contributed by atoms with Crippen LogP contribution >= 0.6 is 22.9 Å². The zero-order valence-corrected chi connectivity index (χ0v) is 14.8. The van der Waals surface area contributed by atoms with E-state index in [2.05, 4.69) is 15.2 Å². The van der Waals surface area contributed by atoms with Gasteiger partial charge >= 0.3 is 5.97 Å². The number of carbonyl (C=O) groups is 1. The highest BCUT2D eigenvalue weighted by molar-refractivity contribution is 7.21. The minimum Gasteiger partial charge on any atom is -0.477 e. The van der Waals surface area contributed by atoms with Crippen molar-refractivity contribution in [3.8, 4) is 5.88 Å². The van der Waals surface area contributed by atoms with Crippen molar-refractivity contribution >= 4 is 44.8 Å². The summed E-state index contributed by atoms with van der Waals surface area (Å²) < 4.78 is 5.75. The molecule has 0 unspecified atom stereocenters. The van der Waals surface area contributed by atoms with Crippen molar-refractivity contribution < 1.29 is 14.6 Å². The van der Waals surface area contributed by atoms with E-state index in [4.69, 9.17) is 22.1 Å². The molecule has 1 saturated heterocycles. The molecule has 0 amide bonds. The monoisotopic (exact) mass is 370 g/mol. The Bertz CT molecular complexity index is 774. The molecule has 1 aliphatic rings. The maximum absolute atomic E-state index is 11.2. The first-order valence-corrected chi connectivity index (χ1v) is 8.85. The number of nitrogen functional groups attached to an aromatic ring is 1. The van der Waals surface area contributed by atoms with Crippen LogP contribution in [-0.2, 0) is 0 Å². The average Bonchev–Trinajstić information content (AvgIpc) is 2.90. The third-order valence-electron chi connectivity index (χ3n) is 4.07. The lowest BCUT2D eigenvalue weighted by Gasteiger charge is -2.26. The number of aryl methyl sites for hydroxylation is 1. The molecule has 0 aliphatic carbocycles. The number of nitrogens with two attached hydrogens (primary N) is 1. The third kappa shape index (κ3) is 3.27. The summed E-state index contributed by atoms with van der Waals surface area (Å²) >= 11 is 7.38. The highest BCUT2D eigenvalue weighted by Crippen LogP contribution is 2.40. The molecule has 0 spiro atoms. The van der Waals surface area contributed by atoms with Gasteiger partial charge in [-0.15, -0.1) is 11.3 Å². The highest BCUT2D eigenvalue weighted by atomic mass is 35.5. The van der Waals surface area contributed by atoms with Crippen molar-refractivity contribution in [2.75, 3.05) is 45.1 Å². The summed E-state index contributed by atoms with van der Waals surface area (Å²) in [5.41, 5.74) is 6.84. The van der Waals surface area contributed by atoms with E-state index in [9.17, 15) is 9.90 Å². The van der Waals surface area contributed by atoms with Crippen LogP contribution in [0.5, 0.6) is 5.88 Å². The number of hydrogen-bond acceptors (Lipinski definition) is 7. The van der Waals surface area contributed by atoms with Gasteiger partial charge in [-0.1, -0.05) is 11.6 Å². The zero-order valence-electron chi connectivity index (χ0n) is 13.3. The van der Waals surface area contributed by atoms with Gasteiger partial charge in [0.05, 0.1) is 5.69 Å². The highest BCUT2D eigenvalue weighted by Gasteiger charge is 2.22. The quantitative estimate of drug-likeness (QED) is 0.738. The number of nitrogens with zero attached hydrogens (tertiary/aromatic N) is 2. The molecule has 1 aliphatic heterocycles. The first-order chi connectivity index (χ1) is 11.5. The third-order valence-corrected chi connectivity index (χ3v) is 5.60. The second kappa shape index (κ2) is 7.10. The van der Waals surface area contributed by atoms with Crippen LogP contribution in [0.15, 0.2) is 0 Å². The van der Waals surface area contributed by atoms with E-state index in [1.54, 1.807) is 6.92 Å². The number of anilines is 1. The second-order valence-electron chi connectivity index (χ2n) is 5.63. The number of carboxylic acids is 1. The van der Waals surface area contributed by atoms with E-state index >= 15 is 0 Å². The standard InChI is InChI=1S/C15H19ClN4O3S/c1-8-9-11(17)12(15(21)22)24-14(9)19-13(10(8)16)23-7-6-20-4-2-18-3-5-20/h18H,2-7,17H2,1H3,(H,21,22). The summed E-state index contributed by atoms with van der Waals surface area (Å²) in [6.45, 7) is 7.02. The zero-order chi connectivity index (χ0) is 17.3. The topological polar surface area (TPSA) is 101 Å². The minimum absolute atomic E-state index is 0.0784. The number of ether oxygens (including phenoxy) is 1. The van der Waals surface area contributed by atoms with E-state index in [-0.39, 0.29) is 10.6 Å². The van der Waals surface area contributed by atoms with E-state index in [1.165, 1.54) is 0 Å². The Morgan fingerprint density at radius 3 is 2.88 bits per heavy atom. The smallest absolute Gasteiger partial charge is 0.348 e. The van der Waals surface area contributed by atoms with Crippen LogP contribution in [0.3, 0.4) is 0 Å². The first kappa shape index (κ1) is 17.2. The molecule has 7 nitrogen and oxygen atoms in total. The largest absolute Gasteiger partial charge is 0.477 e. The second-order valence-corrected chi connectivity index (χ2v) is 7.00. The lowest BCUT2D eigenvalue weighted by molar-refractivity contribution is 0.0703. The number of fused-ring (bicyclic) bond motifs is 1. The van der Waals surface area contributed by atoms with Gasteiger partial charge in [0.25, 0.3) is 0 Å². The number of nitrogens with one attached hydrogen (secondary N) is 1. The number of rotatable bonds is 5. The molecular formula is C15H19ClN4O3S. The Morgan fingerprint density at radius 2 is 2.21 bits per heavy atom. The van der Waals surface area contributed by atoms with Gasteiger partial charge in [0.15, 0.2) is 0 Å². The molecule has 0 aromatic carbocycles. The van der Waals surface area contributed by atoms with Crippen molar-refractivity contribution in [3.63, 3.8) is 0 Å². The Morgan fingerprint density at radius 1 is 1.50 bits per heavy atom. The number of piperazine rings is 1. The van der Waals surface area contributed by atoms with E-state index < -0.39 is 5.97 Å². The van der Waals surface area contributed by atoms with Gasteiger partial charge in [0, 0.05) is 38.1 Å². The number of aromatic carboxylic acids is 1. The van der Waals surface area contributed by atoms with Crippen molar-refractivity contribution in [2.45, 2.75) is 6.92 Å². The summed E-state index contributed by atoms with van der Waals surface area (Å²) in [6.07, 6.45) is 0. The van der Waals surface area contributed by atoms with Gasteiger partial charge in [0.2, 0.25) is 5.88 Å². The van der Waals surface area contributed by atoms with Crippen molar-refractivity contribution in [2.24, 2.45) is 0 Å². The number of thiophene rings is 1. The normalized spacial score (nSPS) is 15.8. The number of carboxylic acid groups (broad SMARTS) is 1. The van der Waals surface area contributed by atoms with Crippen molar-refractivity contribution in [1.29, 1.82) is 0 Å². The minimum atomic E-state index is -1.06. The predicted molar refractivity (Wildman–Crippen MR) is 95.5 cm³/mol. The predicted octanol–water partition coefficient (Wildman–Crippen LogP) is 1.82. The van der Waals surface area contributed by atoms with Crippen LogP contribution in [0.1, 0.15) is 15.2 Å². The van der Waals surface area contributed by atoms with Crippen LogP contribution in [0.25, 0.3) is 10.2 Å². The maximum Gasteiger partial charge on any atom is 0.348 e. The number of aromatic nitrogens is 1. The van der Waals surface area contributed by atoms with Gasteiger partial charge in [-0.2, -0.15) is 0 Å². The van der Waals surface area contributed by atoms with Gasteiger partial charge in [-0.05, 0) is 12.5 Å². The Balaban J connectivity index is 1.80. The fourth-order valence-corrected chi connectivity index (χ4v) is 3.92. The van der Waals surface area contributed by atoms with Gasteiger partial charge in [-0.25, -0.2) is 9.78 Å². The lowest BCUT2D eigenvalue weighted by atomic mass is 10.1. The molecule has 130 valence electrons. The molecule has 3 heterocycles. The SMILES string of the molecule is Cc1c(Cl)c(OCCN2CCNCC2)nc2sc(C(=O)O)c(N)c12. The van der Waals surface area contributed by atoms with Crippen LogP contribution < -0.4 is 15.8 Å². The Hall–Kier alpha value is -1.61. The molecule has 0 saturated carbocycles. The molecule has 0 atom stereocenters. The lowest BCUT2D eigenvalue weighted by Crippen LogP contribution is -2.44. The molecular weight excluding hydrogens is 352 g/mol. The number of hydrogen-bond donors (Lipinski definition) is 3. The molecule has 2 aromatic heterocycles. The average molecular weight is 371 g/mol. The molecule has 1 fully saturated rings. The molecule has 2 aromatic rings. The number of halogens is 1. The van der Waals surface area contributed by atoms with Crippen molar-refractivity contribution in [1.82, 2.24) is 15.2 Å². The van der Waals surface area contributed by atoms with Gasteiger partial charge in [0.1, 0.15) is 21.3 Å². The summed E-state index contributed by atoms with van der Waals surface area (Å²) in [6, 6.07) is 0. The van der Waals surface area contributed by atoms with E-state index in [0.717, 1.165) is 44.1 Å². The van der Waals surface area contributed by atoms with Crippen LogP contribution in [-0.4, -0.2) is 60.3 Å². The molecule has 9 heteroatoms. The van der Waals surface area contributed by atoms with Crippen LogP contribution in [0.4, 0.5) is 5.69 Å². The van der Waals surface area contributed by atoms with Crippen LogP contribution in [0, 0.1) is 6.92 Å². The first-order valence-electron chi connectivity index (χ1n) is 7.66. The Labute approximate surface area is 148 Å². The molecule has 0 bridgehead atoms. The number of pyridine rings is 1. The summed E-state index contributed by atoms with van der Waals surface area (Å²) in [4.78, 5) is 18.5. The molecule has 24 heavy (non-hydrogen) atoms. The summed E-state index contributed by atoms with van der Waals surface area (Å²) in [5, 5.41) is 13.5. The maximum atomic E-state index is 11.2. The van der Waals surface area contributed by atoms with Gasteiger partial charge < -0.3 is 20.9 Å². The van der Waals surface area contributed by atoms with Gasteiger partial charge in [-0.3, -0.25) is 4.90 Å². The molecule has 4 N–H and O–H groups in total.